The number of para-hydroxylation sites is 1. The van der Waals surface area contributed by atoms with Gasteiger partial charge in [-0.15, -0.1) is 11.3 Å². The Morgan fingerprint density at radius 2 is 1.65 bits per heavy atom. The average molecular weight is 472 g/mol. The third kappa shape index (κ3) is 5.40. The zero-order valence-electron chi connectivity index (χ0n) is 20.0. The van der Waals surface area contributed by atoms with Crippen LogP contribution in [0.1, 0.15) is 30.6 Å². The molecule has 0 amide bonds. The third-order valence-electron chi connectivity index (χ3n) is 6.64. The monoisotopic (exact) mass is 471 g/mol. The van der Waals surface area contributed by atoms with Gasteiger partial charge in [-0.3, -0.25) is 0 Å². The third-order valence-corrected chi connectivity index (χ3v) is 7.77. The molecule has 2 aromatic heterocycles. The summed E-state index contributed by atoms with van der Waals surface area (Å²) in [6.45, 7) is 2.04. The van der Waals surface area contributed by atoms with Gasteiger partial charge in [0.05, 0.1) is 5.52 Å². The largest absolute Gasteiger partial charge is 0.362 e. The second kappa shape index (κ2) is 10.5. The highest BCUT2D eigenvalue weighted by Crippen LogP contribution is 2.30. The fourth-order valence-corrected chi connectivity index (χ4v) is 5.77. The van der Waals surface area contributed by atoms with E-state index < -0.39 is 0 Å². The van der Waals surface area contributed by atoms with Crippen molar-refractivity contribution in [1.82, 2.24) is 15.3 Å². The van der Waals surface area contributed by atoms with E-state index in [0.717, 1.165) is 54.5 Å². The van der Waals surface area contributed by atoms with Crippen LogP contribution in [0.5, 0.6) is 0 Å². The van der Waals surface area contributed by atoms with Gasteiger partial charge in [-0.25, -0.2) is 4.98 Å². The molecular weight excluding hydrogens is 438 g/mol. The van der Waals surface area contributed by atoms with Crippen molar-refractivity contribution in [2.45, 2.75) is 38.3 Å². The number of fused-ring (bicyclic) bond motifs is 1. The summed E-state index contributed by atoms with van der Waals surface area (Å²) in [5.41, 5.74) is 2.29. The molecule has 0 spiro atoms. The minimum Gasteiger partial charge on any atom is -0.362 e. The van der Waals surface area contributed by atoms with Gasteiger partial charge in [0.15, 0.2) is 0 Å². The molecule has 1 aliphatic rings. The molecule has 1 saturated carbocycles. The Balaban J connectivity index is 1.10. The molecule has 5 rings (SSSR count). The van der Waals surface area contributed by atoms with Crippen LogP contribution in [0.3, 0.4) is 0 Å². The zero-order chi connectivity index (χ0) is 23.3. The standard InChI is InChI=1S/C28H33N5S/c1-33(2)27-24-10-6-7-11-25(24)31-28(32-27)30-22-14-12-20(13-15-22)18-29-19-23-16-17-26(34-23)21-8-4-3-5-9-21/h3-11,16-17,20,22,29H,12-15,18-19H2,1-2H3,(H,30,31,32)/t20-,22+. The smallest absolute Gasteiger partial charge is 0.225 e. The first-order valence-electron chi connectivity index (χ1n) is 12.2. The van der Waals surface area contributed by atoms with Gasteiger partial charge in [-0.2, -0.15) is 4.98 Å². The van der Waals surface area contributed by atoms with E-state index in [0.29, 0.717) is 6.04 Å². The van der Waals surface area contributed by atoms with Gasteiger partial charge in [-0.05, 0) is 68.0 Å². The number of nitrogens with zero attached hydrogens (tertiary/aromatic N) is 3. The number of thiophene rings is 1. The Hall–Kier alpha value is -2.96. The summed E-state index contributed by atoms with van der Waals surface area (Å²) in [6, 6.07) is 23.8. The molecule has 34 heavy (non-hydrogen) atoms. The molecule has 4 aromatic rings. The number of rotatable bonds is 8. The maximum atomic E-state index is 4.81. The molecule has 0 bridgehead atoms. The second-order valence-corrected chi connectivity index (χ2v) is 10.6. The summed E-state index contributed by atoms with van der Waals surface area (Å²) in [6.07, 6.45) is 4.80. The Morgan fingerprint density at radius 1 is 0.882 bits per heavy atom. The lowest BCUT2D eigenvalue weighted by atomic mass is 9.86. The van der Waals surface area contributed by atoms with E-state index in [1.807, 2.05) is 37.6 Å². The predicted molar refractivity (Wildman–Crippen MR) is 145 cm³/mol. The molecule has 176 valence electrons. The highest BCUT2D eigenvalue weighted by molar-refractivity contribution is 7.15. The van der Waals surface area contributed by atoms with Crippen LogP contribution in [0.4, 0.5) is 11.8 Å². The Kier molecular flexibility index (Phi) is 7.07. The number of nitrogens with one attached hydrogen (secondary N) is 2. The molecule has 0 unspecified atom stereocenters. The van der Waals surface area contributed by atoms with Gasteiger partial charge >= 0.3 is 0 Å². The molecule has 2 heterocycles. The van der Waals surface area contributed by atoms with E-state index >= 15 is 0 Å². The number of hydrogen-bond acceptors (Lipinski definition) is 6. The lowest BCUT2D eigenvalue weighted by Gasteiger charge is -2.29. The van der Waals surface area contributed by atoms with Gasteiger partial charge in [0, 0.05) is 41.8 Å². The number of hydrogen-bond donors (Lipinski definition) is 2. The predicted octanol–water partition coefficient (Wildman–Crippen LogP) is 6.18. The van der Waals surface area contributed by atoms with Crippen LogP contribution in [-0.2, 0) is 6.54 Å². The van der Waals surface area contributed by atoms with Crippen LogP contribution in [-0.4, -0.2) is 36.6 Å². The quantitative estimate of drug-likeness (QED) is 0.321. The molecule has 2 aromatic carbocycles. The summed E-state index contributed by atoms with van der Waals surface area (Å²) in [5.74, 6) is 2.45. The van der Waals surface area contributed by atoms with Crippen molar-refractivity contribution in [2.24, 2.45) is 5.92 Å². The normalized spacial score (nSPS) is 18.2. The minimum absolute atomic E-state index is 0.443. The average Bonchev–Trinajstić information content (AvgIpc) is 3.34. The molecule has 6 heteroatoms. The Morgan fingerprint density at radius 3 is 2.44 bits per heavy atom. The van der Waals surface area contributed by atoms with Crippen LogP contribution in [0.25, 0.3) is 21.3 Å². The first-order chi connectivity index (χ1) is 16.7. The summed E-state index contributed by atoms with van der Waals surface area (Å²) >= 11 is 1.89. The van der Waals surface area contributed by atoms with Gasteiger partial charge in [0.1, 0.15) is 5.82 Å². The molecule has 5 nitrogen and oxygen atoms in total. The van der Waals surface area contributed by atoms with E-state index in [9.17, 15) is 0 Å². The molecule has 1 aliphatic carbocycles. The summed E-state index contributed by atoms with van der Waals surface area (Å²) in [7, 11) is 4.07. The molecular formula is C28H33N5S. The van der Waals surface area contributed by atoms with Crippen molar-refractivity contribution in [3.8, 4) is 10.4 Å². The van der Waals surface area contributed by atoms with Gasteiger partial charge in [-0.1, -0.05) is 42.5 Å². The van der Waals surface area contributed by atoms with Crippen LogP contribution in [0.15, 0.2) is 66.7 Å². The van der Waals surface area contributed by atoms with Crippen LogP contribution < -0.4 is 15.5 Å². The summed E-state index contributed by atoms with van der Waals surface area (Å²) in [5, 5.41) is 8.41. The highest BCUT2D eigenvalue weighted by Gasteiger charge is 2.22. The van der Waals surface area contributed by atoms with Crippen molar-refractivity contribution in [3.05, 3.63) is 71.6 Å². The van der Waals surface area contributed by atoms with Crippen molar-refractivity contribution < 1.29 is 0 Å². The van der Waals surface area contributed by atoms with Crippen molar-refractivity contribution >= 4 is 34.0 Å². The maximum absolute atomic E-state index is 4.81. The fourth-order valence-electron chi connectivity index (χ4n) is 4.79. The topological polar surface area (TPSA) is 53.1 Å². The number of aromatic nitrogens is 2. The summed E-state index contributed by atoms with van der Waals surface area (Å²) in [4.78, 5) is 14.4. The van der Waals surface area contributed by atoms with Gasteiger partial charge < -0.3 is 15.5 Å². The maximum Gasteiger partial charge on any atom is 0.225 e. The molecule has 0 atom stereocenters. The van der Waals surface area contributed by atoms with Crippen molar-refractivity contribution in [2.75, 3.05) is 30.9 Å². The minimum atomic E-state index is 0.443. The van der Waals surface area contributed by atoms with E-state index in [-0.39, 0.29) is 0 Å². The van der Waals surface area contributed by atoms with Crippen LogP contribution >= 0.6 is 11.3 Å². The number of anilines is 2. The molecule has 0 aliphatic heterocycles. The van der Waals surface area contributed by atoms with Crippen molar-refractivity contribution in [3.63, 3.8) is 0 Å². The Bertz CT molecular complexity index is 1210. The fraction of sp³-hybridized carbons (Fsp3) is 0.357. The zero-order valence-corrected chi connectivity index (χ0v) is 20.8. The summed E-state index contributed by atoms with van der Waals surface area (Å²) < 4.78 is 0. The van der Waals surface area contributed by atoms with E-state index in [1.54, 1.807) is 0 Å². The van der Waals surface area contributed by atoms with E-state index in [4.69, 9.17) is 9.97 Å². The molecule has 1 fully saturated rings. The lowest BCUT2D eigenvalue weighted by Crippen LogP contribution is -2.31. The first-order valence-corrected chi connectivity index (χ1v) is 13.0. The first kappa shape index (κ1) is 22.8. The number of benzene rings is 2. The van der Waals surface area contributed by atoms with E-state index in [2.05, 4.69) is 70.1 Å². The van der Waals surface area contributed by atoms with Crippen LogP contribution in [0, 0.1) is 5.92 Å². The van der Waals surface area contributed by atoms with E-state index in [1.165, 1.54) is 28.2 Å². The van der Waals surface area contributed by atoms with Crippen molar-refractivity contribution in [1.29, 1.82) is 0 Å². The van der Waals surface area contributed by atoms with Crippen LogP contribution in [0.2, 0.25) is 0 Å². The Labute approximate surface area is 206 Å². The molecule has 0 radical (unpaired) electrons. The highest BCUT2D eigenvalue weighted by atomic mass is 32.1. The lowest BCUT2D eigenvalue weighted by molar-refractivity contribution is 0.324. The van der Waals surface area contributed by atoms with Gasteiger partial charge in [0.25, 0.3) is 0 Å². The van der Waals surface area contributed by atoms with Gasteiger partial charge in [0.2, 0.25) is 5.95 Å². The molecule has 0 saturated heterocycles. The second-order valence-electron chi connectivity index (χ2n) is 9.41. The molecule has 2 N–H and O–H groups in total. The SMILES string of the molecule is CN(C)c1nc(N[C@H]2CC[C@@H](CNCc3ccc(-c4ccccc4)s3)CC2)nc2ccccc12.